The number of methoxy groups -OCH3 is 1. The molecule has 0 atom stereocenters. The predicted molar refractivity (Wildman–Crippen MR) is 114 cm³/mol. The SMILES string of the molecule is CCCCCCCCc1cc2c(s1)NC(=O)CN=C2c1ccccc1OC. The Bertz CT molecular complexity index is 810. The molecular weight excluding hydrogens is 356 g/mol. The Balaban J connectivity index is 1.79. The highest BCUT2D eigenvalue weighted by Gasteiger charge is 2.22. The maximum absolute atomic E-state index is 12.1. The summed E-state index contributed by atoms with van der Waals surface area (Å²) < 4.78 is 5.52. The zero-order valence-corrected chi connectivity index (χ0v) is 17.0. The number of unbranched alkanes of at least 4 members (excludes halogenated alkanes) is 5. The number of nitrogens with zero attached hydrogens (tertiary/aromatic N) is 1. The fraction of sp³-hybridized carbons (Fsp3) is 0.455. The number of benzene rings is 1. The van der Waals surface area contributed by atoms with Crippen molar-refractivity contribution in [2.75, 3.05) is 19.0 Å². The first-order valence-electron chi connectivity index (χ1n) is 9.83. The van der Waals surface area contributed by atoms with Crippen molar-refractivity contribution in [3.05, 3.63) is 46.3 Å². The Morgan fingerprint density at radius 3 is 2.70 bits per heavy atom. The quantitative estimate of drug-likeness (QED) is 0.585. The molecule has 1 N–H and O–H groups in total. The first-order chi connectivity index (χ1) is 13.2. The molecule has 1 amide bonds. The first-order valence-corrected chi connectivity index (χ1v) is 10.6. The molecule has 1 aliphatic rings. The molecule has 2 aromatic rings. The van der Waals surface area contributed by atoms with Gasteiger partial charge in [-0.05, 0) is 31.0 Å². The summed E-state index contributed by atoms with van der Waals surface area (Å²) in [6, 6.07) is 10.1. The number of anilines is 1. The zero-order chi connectivity index (χ0) is 19.1. The van der Waals surface area contributed by atoms with E-state index in [-0.39, 0.29) is 12.5 Å². The number of rotatable bonds is 9. The lowest BCUT2D eigenvalue weighted by atomic mass is 10.0. The van der Waals surface area contributed by atoms with Crippen molar-refractivity contribution in [2.24, 2.45) is 4.99 Å². The van der Waals surface area contributed by atoms with Gasteiger partial charge in [0.1, 0.15) is 17.3 Å². The minimum atomic E-state index is -0.0610. The first kappa shape index (κ1) is 19.6. The van der Waals surface area contributed by atoms with E-state index in [9.17, 15) is 4.79 Å². The fourth-order valence-corrected chi connectivity index (χ4v) is 4.50. The minimum absolute atomic E-state index is 0.0610. The lowest BCUT2D eigenvalue weighted by molar-refractivity contribution is -0.114. The number of fused-ring (bicyclic) bond motifs is 1. The van der Waals surface area contributed by atoms with Crippen molar-refractivity contribution in [2.45, 2.75) is 51.9 Å². The number of hydrogen-bond acceptors (Lipinski definition) is 4. The second kappa shape index (κ2) is 9.70. The summed E-state index contributed by atoms with van der Waals surface area (Å²) in [4.78, 5) is 18.0. The highest BCUT2D eigenvalue weighted by atomic mass is 32.1. The third-order valence-electron chi connectivity index (χ3n) is 4.81. The van der Waals surface area contributed by atoms with Gasteiger partial charge in [0.25, 0.3) is 0 Å². The molecule has 4 nitrogen and oxygen atoms in total. The van der Waals surface area contributed by atoms with E-state index in [1.165, 1.54) is 43.4 Å². The molecule has 144 valence electrons. The van der Waals surface area contributed by atoms with Crippen LogP contribution in [-0.2, 0) is 11.2 Å². The van der Waals surface area contributed by atoms with Crippen molar-refractivity contribution in [1.82, 2.24) is 0 Å². The van der Waals surface area contributed by atoms with Crippen LogP contribution in [0.25, 0.3) is 0 Å². The van der Waals surface area contributed by atoms with Gasteiger partial charge in [-0.3, -0.25) is 9.79 Å². The monoisotopic (exact) mass is 384 g/mol. The largest absolute Gasteiger partial charge is 0.496 e. The van der Waals surface area contributed by atoms with Gasteiger partial charge in [0, 0.05) is 16.0 Å². The molecule has 5 heteroatoms. The highest BCUT2D eigenvalue weighted by molar-refractivity contribution is 7.16. The summed E-state index contributed by atoms with van der Waals surface area (Å²) in [7, 11) is 1.66. The summed E-state index contributed by atoms with van der Waals surface area (Å²) >= 11 is 1.68. The van der Waals surface area contributed by atoms with Gasteiger partial charge in [-0.2, -0.15) is 0 Å². The number of amides is 1. The molecule has 0 fully saturated rings. The van der Waals surface area contributed by atoms with Crippen LogP contribution in [0.2, 0.25) is 0 Å². The number of nitrogens with one attached hydrogen (secondary N) is 1. The topological polar surface area (TPSA) is 50.7 Å². The van der Waals surface area contributed by atoms with Crippen LogP contribution in [0.3, 0.4) is 0 Å². The predicted octanol–water partition coefficient (Wildman–Crippen LogP) is 5.45. The number of aryl methyl sites for hydroxylation is 1. The zero-order valence-electron chi connectivity index (χ0n) is 16.2. The third kappa shape index (κ3) is 4.98. The summed E-state index contributed by atoms with van der Waals surface area (Å²) in [5.74, 6) is 0.717. The summed E-state index contributed by atoms with van der Waals surface area (Å²) in [6.07, 6.45) is 8.77. The van der Waals surface area contributed by atoms with Gasteiger partial charge in [-0.1, -0.05) is 51.2 Å². The number of carbonyl (C=O) groups is 1. The van der Waals surface area contributed by atoms with E-state index in [0.29, 0.717) is 0 Å². The van der Waals surface area contributed by atoms with Gasteiger partial charge in [-0.15, -0.1) is 11.3 Å². The van der Waals surface area contributed by atoms with E-state index in [1.807, 2.05) is 24.3 Å². The van der Waals surface area contributed by atoms with Gasteiger partial charge >= 0.3 is 0 Å². The average molecular weight is 385 g/mol. The summed E-state index contributed by atoms with van der Waals surface area (Å²) in [5.41, 5.74) is 2.78. The van der Waals surface area contributed by atoms with E-state index < -0.39 is 0 Å². The third-order valence-corrected chi connectivity index (χ3v) is 5.92. The van der Waals surface area contributed by atoms with E-state index in [2.05, 4.69) is 23.3 Å². The van der Waals surface area contributed by atoms with Crippen LogP contribution in [0.5, 0.6) is 5.75 Å². The van der Waals surface area contributed by atoms with Crippen molar-refractivity contribution in [3.8, 4) is 5.75 Å². The molecule has 3 rings (SSSR count). The molecule has 0 unspecified atom stereocenters. The van der Waals surface area contributed by atoms with E-state index in [0.717, 1.165) is 34.0 Å². The van der Waals surface area contributed by atoms with E-state index in [4.69, 9.17) is 4.74 Å². The van der Waals surface area contributed by atoms with Crippen LogP contribution in [-0.4, -0.2) is 25.3 Å². The van der Waals surface area contributed by atoms with Crippen molar-refractivity contribution in [1.29, 1.82) is 0 Å². The van der Waals surface area contributed by atoms with Crippen LogP contribution in [0.15, 0.2) is 35.3 Å². The second-order valence-corrected chi connectivity index (χ2v) is 8.02. The van der Waals surface area contributed by atoms with Crippen LogP contribution in [0.4, 0.5) is 5.00 Å². The molecular formula is C22H28N2O2S. The number of hydrogen-bond donors (Lipinski definition) is 1. The van der Waals surface area contributed by atoms with Crippen LogP contribution in [0.1, 0.15) is 61.5 Å². The van der Waals surface area contributed by atoms with Crippen molar-refractivity contribution < 1.29 is 9.53 Å². The highest BCUT2D eigenvalue weighted by Crippen LogP contribution is 2.34. The standard InChI is InChI=1S/C22H28N2O2S/c1-3-4-5-6-7-8-11-16-14-18-21(17-12-9-10-13-19(17)26-2)23-15-20(25)24-22(18)27-16/h9-10,12-14H,3-8,11,15H2,1-2H3,(H,24,25). The Hall–Kier alpha value is -2.14. The number of para-hydroxylation sites is 1. The summed E-state index contributed by atoms with van der Waals surface area (Å²) in [5, 5.41) is 3.93. The lowest BCUT2D eigenvalue weighted by Crippen LogP contribution is -2.12. The number of ether oxygens (including phenoxy) is 1. The van der Waals surface area contributed by atoms with Crippen molar-refractivity contribution in [3.63, 3.8) is 0 Å². The van der Waals surface area contributed by atoms with Crippen LogP contribution in [0, 0.1) is 0 Å². The molecule has 2 heterocycles. The average Bonchev–Trinajstić information content (AvgIpc) is 3.00. The Kier molecular flexibility index (Phi) is 7.04. The molecule has 1 aliphatic heterocycles. The van der Waals surface area contributed by atoms with Gasteiger partial charge in [-0.25, -0.2) is 0 Å². The number of aliphatic imine (C=N–C) groups is 1. The lowest BCUT2D eigenvalue weighted by Gasteiger charge is -2.10. The Labute approximate surface area is 165 Å². The molecule has 0 bridgehead atoms. The van der Waals surface area contributed by atoms with Gasteiger partial charge < -0.3 is 10.1 Å². The maximum Gasteiger partial charge on any atom is 0.246 e. The molecule has 0 aliphatic carbocycles. The molecule has 0 spiro atoms. The molecule has 0 saturated carbocycles. The summed E-state index contributed by atoms with van der Waals surface area (Å²) in [6.45, 7) is 2.38. The second-order valence-electron chi connectivity index (χ2n) is 6.89. The molecule has 27 heavy (non-hydrogen) atoms. The molecule has 0 saturated heterocycles. The number of thiophene rings is 1. The van der Waals surface area contributed by atoms with Gasteiger partial charge in [0.2, 0.25) is 5.91 Å². The molecule has 0 radical (unpaired) electrons. The minimum Gasteiger partial charge on any atom is -0.496 e. The molecule has 1 aromatic heterocycles. The van der Waals surface area contributed by atoms with Crippen LogP contribution >= 0.6 is 11.3 Å². The Morgan fingerprint density at radius 2 is 1.89 bits per heavy atom. The number of carbonyl (C=O) groups excluding carboxylic acids is 1. The normalized spacial score (nSPS) is 13.6. The maximum atomic E-state index is 12.1. The van der Waals surface area contributed by atoms with E-state index in [1.54, 1.807) is 18.4 Å². The van der Waals surface area contributed by atoms with Crippen LogP contribution < -0.4 is 10.1 Å². The van der Waals surface area contributed by atoms with E-state index >= 15 is 0 Å². The fourth-order valence-electron chi connectivity index (χ4n) is 3.39. The Morgan fingerprint density at radius 1 is 1.11 bits per heavy atom. The van der Waals surface area contributed by atoms with Crippen molar-refractivity contribution >= 4 is 28.0 Å². The van der Waals surface area contributed by atoms with Gasteiger partial charge in [0.15, 0.2) is 0 Å². The molecule has 1 aromatic carbocycles. The smallest absolute Gasteiger partial charge is 0.246 e. The van der Waals surface area contributed by atoms with Gasteiger partial charge in [0.05, 0.1) is 12.8 Å².